The van der Waals surface area contributed by atoms with Crippen LogP contribution in [-0.4, -0.2) is 4.98 Å². The molecule has 1 aromatic rings. The number of thiazole rings is 1. The minimum atomic E-state index is 0. The van der Waals surface area contributed by atoms with Crippen molar-refractivity contribution < 1.29 is 0 Å². The lowest BCUT2D eigenvalue weighted by Crippen LogP contribution is -2.19. The highest BCUT2D eigenvalue weighted by Crippen LogP contribution is 2.28. The Hall–Kier alpha value is -0.450. The van der Waals surface area contributed by atoms with Gasteiger partial charge in [0.05, 0.1) is 10.7 Å². The molecule has 0 aliphatic rings. The van der Waals surface area contributed by atoms with E-state index in [2.05, 4.69) is 45.0 Å². The molecule has 1 rings (SSSR count). The van der Waals surface area contributed by atoms with Gasteiger partial charge in [0.25, 0.3) is 0 Å². The fourth-order valence-corrected chi connectivity index (χ4v) is 2.30. The summed E-state index contributed by atoms with van der Waals surface area (Å²) in [5.74, 6) is 0.689. The van der Waals surface area contributed by atoms with E-state index < -0.39 is 0 Å². The molecule has 3 nitrogen and oxygen atoms in total. The lowest BCUT2D eigenvalue weighted by atomic mass is 9.80. The summed E-state index contributed by atoms with van der Waals surface area (Å²) < 4.78 is 0. The van der Waals surface area contributed by atoms with Crippen molar-refractivity contribution in [3.8, 4) is 0 Å². The van der Waals surface area contributed by atoms with Crippen molar-refractivity contribution in [2.24, 2.45) is 11.3 Å². The molecule has 1 unspecified atom stereocenters. The first kappa shape index (κ1) is 18.9. The Kier molecular flexibility index (Phi) is 8.67. The molecular formula is C13H29N3S. The quantitative estimate of drug-likeness (QED) is 0.826. The molecule has 17 heavy (non-hydrogen) atoms. The van der Waals surface area contributed by atoms with Gasteiger partial charge in [-0.25, -0.2) is 4.98 Å². The van der Waals surface area contributed by atoms with Gasteiger partial charge >= 0.3 is 0 Å². The maximum atomic E-state index is 4.67. The molecule has 102 valence electrons. The van der Waals surface area contributed by atoms with Crippen LogP contribution in [0.2, 0.25) is 0 Å². The highest BCUT2D eigenvalue weighted by atomic mass is 32.1. The summed E-state index contributed by atoms with van der Waals surface area (Å²) in [5.41, 5.74) is 1.67. The standard InChI is InChI=1S/C13H23NS.2H3N/c1-6-7-12-14-11(9-15-12)8-10(2)13(3,4)5;;/h9-10H,6-8H2,1-5H3;2*1H3. The number of aryl methyl sites for hydroxylation is 1. The molecule has 0 aliphatic carbocycles. The highest BCUT2D eigenvalue weighted by Gasteiger charge is 2.20. The number of hydrogen-bond acceptors (Lipinski definition) is 4. The zero-order chi connectivity index (χ0) is 11.5. The zero-order valence-corrected chi connectivity index (χ0v) is 12.9. The third kappa shape index (κ3) is 6.15. The van der Waals surface area contributed by atoms with Gasteiger partial charge in [-0.1, -0.05) is 34.6 Å². The Morgan fingerprint density at radius 1 is 1.29 bits per heavy atom. The van der Waals surface area contributed by atoms with Gasteiger partial charge in [-0.2, -0.15) is 0 Å². The zero-order valence-electron chi connectivity index (χ0n) is 12.0. The molecule has 0 spiro atoms. The molecule has 0 fully saturated rings. The molecule has 0 saturated carbocycles. The smallest absolute Gasteiger partial charge is 0.0928 e. The van der Waals surface area contributed by atoms with Crippen molar-refractivity contribution in [2.45, 2.75) is 53.9 Å². The maximum absolute atomic E-state index is 4.67. The second kappa shape index (κ2) is 7.80. The largest absolute Gasteiger partial charge is 0.344 e. The summed E-state index contributed by atoms with van der Waals surface area (Å²) in [5, 5.41) is 3.53. The lowest BCUT2D eigenvalue weighted by Gasteiger charge is -2.26. The second-order valence-corrected chi connectivity index (χ2v) is 6.40. The number of aromatic nitrogens is 1. The van der Waals surface area contributed by atoms with Crippen LogP contribution < -0.4 is 12.3 Å². The van der Waals surface area contributed by atoms with Crippen LogP contribution in [-0.2, 0) is 12.8 Å². The predicted molar refractivity (Wildman–Crippen MR) is 78.5 cm³/mol. The Morgan fingerprint density at radius 2 is 1.88 bits per heavy atom. The van der Waals surface area contributed by atoms with Gasteiger partial charge in [0, 0.05) is 5.38 Å². The van der Waals surface area contributed by atoms with Crippen molar-refractivity contribution in [1.29, 1.82) is 0 Å². The van der Waals surface area contributed by atoms with Gasteiger partial charge in [0.15, 0.2) is 0 Å². The summed E-state index contributed by atoms with van der Waals surface area (Å²) in [4.78, 5) is 4.67. The van der Waals surface area contributed by atoms with Crippen molar-refractivity contribution in [3.63, 3.8) is 0 Å². The molecule has 0 amide bonds. The average Bonchev–Trinajstić information content (AvgIpc) is 2.51. The second-order valence-electron chi connectivity index (χ2n) is 5.45. The maximum Gasteiger partial charge on any atom is 0.0928 e. The summed E-state index contributed by atoms with van der Waals surface area (Å²) in [6.45, 7) is 11.4. The number of hydrogen-bond donors (Lipinski definition) is 2. The normalized spacial score (nSPS) is 12.5. The number of rotatable bonds is 4. The van der Waals surface area contributed by atoms with Crippen LogP contribution >= 0.6 is 11.3 Å². The van der Waals surface area contributed by atoms with Crippen LogP contribution in [0, 0.1) is 11.3 Å². The summed E-state index contributed by atoms with van der Waals surface area (Å²) in [6.07, 6.45) is 3.44. The van der Waals surface area contributed by atoms with Crippen LogP contribution in [0.4, 0.5) is 0 Å². The van der Waals surface area contributed by atoms with Crippen molar-refractivity contribution in [2.75, 3.05) is 0 Å². The van der Waals surface area contributed by atoms with Crippen LogP contribution in [0.1, 0.15) is 51.7 Å². The molecule has 0 aromatic carbocycles. The highest BCUT2D eigenvalue weighted by molar-refractivity contribution is 7.09. The van der Waals surface area contributed by atoms with Gasteiger partial charge in [0.1, 0.15) is 0 Å². The van der Waals surface area contributed by atoms with E-state index in [4.69, 9.17) is 0 Å². The Labute approximate surface area is 110 Å². The fraction of sp³-hybridized carbons (Fsp3) is 0.769. The van der Waals surface area contributed by atoms with Gasteiger partial charge in [-0.3, -0.25) is 0 Å². The average molecular weight is 259 g/mol. The fourth-order valence-electron chi connectivity index (χ4n) is 1.39. The SMILES string of the molecule is CCCc1nc(CC(C)C(C)(C)C)cs1.N.N. The third-order valence-electron chi connectivity index (χ3n) is 3.06. The first-order valence-corrected chi connectivity index (χ1v) is 6.74. The van der Waals surface area contributed by atoms with Crippen molar-refractivity contribution in [1.82, 2.24) is 17.3 Å². The first-order valence-electron chi connectivity index (χ1n) is 5.86. The molecule has 1 atom stereocenters. The van der Waals surface area contributed by atoms with Gasteiger partial charge in [0.2, 0.25) is 0 Å². The van der Waals surface area contributed by atoms with E-state index in [1.54, 1.807) is 0 Å². The first-order chi connectivity index (χ1) is 6.93. The van der Waals surface area contributed by atoms with E-state index in [9.17, 15) is 0 Å². The van der Waals surface area contributed by atoms with Gasteiger partial charge in [-0.05, 0) is 30.6 Å². The van der Waals surface area contributed by atoms with Gasteiger partial charge < -0.3 is 12.3 Å². The van der Waals surface area contributed by atoms with Gasteiger partial charge in [-0.15, -0.1) is 11.3 Å². The van der Waals surface area contributed by atoms with Crippen LogP contribution in [0.15, 0.2) is 5.38 Å². The lowest BCUT2D eigenvalue weighted by molar-refractivity contribution is 0.259. The molecule has 1 heterocycles. The van der Waals surface area contributed by atoms with Crippen molar-refractivity contribution in [3.05, 3.63) is 16.1 Å². The molecule has 0 saturated heterocycles. The van der Waals surface area contributed by atoms with Crippen molar-refractivity contribution >= 4 is 11.3 Å². The monoisotopic (exact) mass is 259 g/mol. The topological polar surface area (TPSA) is 82.9 Å². The number of nitrogens with zero attached hydrogens (tertiary/aromatic N) is 1. The molecule has 4 heteroatoms. The molecule has 1 aromatic heterocycles. The Morgan fingerprint density at radius 3 is 2.35 bits per heavy atom. The van der Waals surface area contributed by atoms with E-state index in [1.807, 2.05) is 11.3 Å². The summed E-state index contributed by atoms with van der Waals surface area (Å²) >= 11 is 1.82. The molecule has 6 N–H and O–H groups in total. The minimum absolute atomic E-state index is 0. The predicted octanol–water partition coefficient (Wildman–Crippen LogP) is 4.64. The molecule has 0 radical (unpaired) electrons. The van der Waals surface area contributed by atoms with E-state index in [1.165, 1.54) is 17.1 Å². The minimum Gasteiger partial charge on any atom is -0.344 e. The van der Waals surface area contributed by atoms with Crippen LogP contribution in [0.5, 0.6) is 0 Å². The molecule has 0 bridgehead atoms. The molecule has 0 aliphatic heterocycles. The van der Waals surface area contributed by atoms with E-state index in [0.29, 0.717) is 11.3 Å². The van der Waals surface area contributed by atoms with Crippen LogP contribution in [0.3, 0.4) is 0 Å². The van der Waals surface area contributed by atoms with E-state index >= 15 is 0 Å². The third-order valence-corrected chi connectivity index (χ3v) is 4.01. The summed E-state index contributed by atoms with van der Waals surface area (Å²) in [7, 11) is 0. The molecular weight excluding hydrogens is 230 g/mol. The van der Waals surface area contributed by atoms with E-state index in [0.717, 1.165) is 12.8 Å². The Bertz CT molecular complexity index is 302. The van der Waals surface area contributed by atoms with Crippen LogP contribution in [0.25, 0.3) is 0 Å². The summed E-state index contributed by atoms with van der Waals surface area (Å²) in [6, 6.07) is 0. The van der Waals surface area contributed by atoms with E-state index in [-0.39, 0.29) is 12.3 Å². The Balaban J connectivity index is 0.